The average Bonchev–Trinajstić information content (AvgIpc) is 2.36. The van der Waals surface area contributed by atoms with E-state index in [2.05, 4.69) is 5.32 Å². The van der Waals surface area contributed by atoms with Gasteiger partial charge in [-0.05, 0) is 6.07 Å². The van der Waals surface area contributed by atoms with Crippen LogP contribution in [0.5, 0.6) is 5.75 Å². The lowest BCUT2D eigenvalue weighted by atomic mass is 10.2. The highest BCUT2D eigenvalue weighted by Gasteiger charge is 2.12. The maximum absolute atomic E-state index is 11.6. The van der Waals surface area contributed by atoms with Gasteiger partial charge in [0.2, 0.25) is 0 Å². The highest BCUT2D eigenvalue weighted by atomic mass is 16.5. The quantitative estimate of drug-likeness (QED) is 0.816. The second-order valence-electron chi connectivity index (χ2n) is 3.72. The molecule has 98 valence electrons. The Hall–Kier alpha value is -2.24. The molecule has 0 spiro atoms. The van der Waals surface area contributed by atoms with Crippen molar-refractivity contribution in [2.45, 2.75) is 6.54 Å². The van der Waals surface area contributed by atoms with Gasteiger partial charge in [-0.25, -0.2) is 4.79 Å². The maximum atomic E-state index is 11.6. The molecule has 2 amide bonds. The van der Waals surface area contributed by atoms with E-state index in [1.807, 2.05) is 18.2 Å². The molecule has 0 aromatic heterocycles. The lowest BCUT2D eigenvalue weighted by Crippen LogP contribution is -2.39. The van der Waals surface area contributed by atoms with E-state index in [0.717, 1.165) is 5.56 Å². The number of rotatable bonds is 5. The molecule has 1 aromatic carbocycles. The lowest BCUT2D eigenvalue weighted by molar-refractivity contribution is -0.135. The van der Waals surface area contributed by atoms with Gasteiger partial charge in [0, 0.05) is 12.6 Å². The molecule has 6 nitrogen and oxygen atoms in total. The lowest BCUT2D eigenvalue weighted by Gasteiger charge is -2.18. The molecule has 0 heterocycles. The van der Waals surface area contributed by atoms with E-state index >= 15 is 0 Å². The van der Waals surface area contributed by atoms with E-state index in [4.69, 9.17) is 9.84 Å². The number of methoxy groups -OCH3 is 1. The molecule has 1 aromatic rings. The van der Waals surface area contributed by atoms with Crippen LogP contribution < -0.4 is 10.1 Å². The number of amides is 2. The summed E-state index contributed by atoms with van der Waals surface area (Å²) in [5.74, 6) is -0.385. The minimum atomic E-state index is -1.07. The number of hydrogen-bond acceptors (Lipinski definition) is 3. The van der Waals surface area contributed by atoms with Gasteiger partial charge in [-0.3, -0.25) is 4.79 Å². The van der Waals surface area contributed by atoms with Crippen LogP contribution in [0.3, 0.4) is 0 Å². The third kappa shape index (κ3) is 3.97. The van der Waals surface area contributed by atoms with Crippen LogP contribution in [-0.2, 0) is 11.3 Å². The monoisotopic (exact) mass is 252 g/mol. The Morgan fingerprint density at radius 1 is 1.39 bits per heavy atom. The molecule has 0 aliphatic heterocycles. The Labute approximate surface area is 105 Å². The van der Waals surface area contributed by atoms with E-state index in [1.165, 1.54) is 4.90 Å². The number of nitrogens with zero attached hydrogens (tertiary/aromatic N) is 1. The van der Waals surface area contributed by atoms with Gasteiger partial charge in [-0.15, -0.1) is 0 Å². The van der Waals surface area contributed by atoms with Crippen LogP contribution in [0.2, 0.25) is 0 Å². The molecular weight excluding hydrogens is 236 g/mol. The fourth-order valence-electron chi connectivity index (χ4n) is 1.45. The standard InChI is InChI=1S/C12H16N2O4/c1-14(12(17)13-7-11(15)16)8-9-5-3-4-6-10(9)18-2/h3-6H,7-8H2,1-2H3,(H,13,17)(H,15,16). The fraction of sp³-hybridized carbons (Fsp3) is 0.333. The largest absolute Gasteiger partial charge is 0.496 e. The van der Waals surface area contributed by atoms with Crippen molar-refractivity contribution in [3.8, 4) is 5.75 Å². The van der Waals surface area contributed by atoms with Crippen LogP contribution in [0.25, 0.3) is 0 Å². The predicted molar refractivity (Wildman–Crippen MR) is 65.5 cm³/mol. The van der Waals surface area contributed by atoms with Gasteiger partial charge in [0.05, 0.1) is 13.7 Å². The average molecular weight is 252 g/mol. The van der Waals surface area contributed by atoms with Crippen molar-refractivity contribution < 1.29 is 19.4 Å². The van der Waals surface area contributed by atoms with E-state index in [1.54, 1.807) is 20.2 Å². The fourth-order valence-corrected chi connectivity index (χ4v) is 1.45. The van der Waals surface area contributed by atoms with Crippen molar-refractivity contribution in [1.29, 1.82) is 0 Å². The van der Waals surface area contributed by atoms with E-state index in [9.17, 15) is 9.59 Å². The molecular formula is C12H16N2O4. The number of hydrogen-bond donors (Lipinski definition) is 2. The molecule has 2 N–H and O–H groups in total. The van der Waals surface area contributed by atoms with Gasteiger partial charge in [0.25, 0.3) is 0 Å². The number of nitrogens with one attached hydrogen (secondary N) is 1. The summed E-state index contributed by atoms with van der Waals surface area (Å²) in [6.07, 6.45) is 0. The molecule has 0 unspecified atom stereocenters. The van der Waals surface area contributed by atoms with Gasteiger partial charge in [-0.1, -0.05) is 18.2 Å². The minimum absolute atomic E-state index is 0.343. The summed E-state index contributed by atoms with van der Waals surface area (Å²) in [5.41, 5.74) is 0.855. The Balaban J connectivity index is 2.60. The summed E-state index contributed by atoms with van der Waals surface area (Å²) in [6, 6.07) is 6.90. The van der Waals surface area contributed by atoms with Gasteiger partial charge in [0.15, 0.2) is 0 Å². The topological polar surface area (TPSA) is 78.9 Å². The van der Waals surface area contributed by atoms with E-state index in [-0.39, 0.29) is 0 Å². The van der Waals surface area contributed by atoms with Gasteiger partial charge >= 0.3 is 12.0 Å². The maximum Gasteiger partial charge on any atom is 0.323 e. The third-order valence-corrected chi connectivity index (χ3v) is 2.34. The van der Waals surface area contributed by atoms with E-state index in [0.29, 0.717) is 12.3 Å². The zero-order chi connectivity index (χ0) is 13.5. The van der Waals surface area contributed by atoms with Crippen LogP contribution in [0.1, 0.15) is 5.56 Å². The van der Waals surface area contributed by atoms with E-state index < -0.39 is 18.5 Å². The second-order valence-corrected chi connectivity index (χ2v) is 3.72. The normalized spacial score (nSPS) is 9.67. The number of aliphatic carboxylic acids is 1. The number of ether oxygens (including phenoxy) is 1. The molecule has 6 heteroatoms. The van der Waals surface area contributed by atoms with Gasteiger partial charge < -0.3 is 20.1 Å². The first-order chi connectivity index (χ1) is 8.54. The van der Waals surface area contributed by atoms with Crippen molar-refractivity contribution in [3.05, 3.63) is 29.8 Å². The molecule has 0 saturated heterocycles. The molecule has 0 saturated carbocycles. The summed E-state index contributed by atoms with van der Waals surface area (Å²) >= 11 is 0. The Morgan fingerprint density at radius 2 is 2.06 bits per heavy atom. The first-order valence-corrected chi connectivity index (χ1v) is 5.37. The molecule has 0 bridgehead atoms. The summed E-state index contributed by atoms with van der Waals surface area (Å²) in [5, 5.41) is 10.7. The van der Waals surface area contributed by atoms with Crippen LogP contribution in [0.15, 0.2) is 24.3 Å². The number of benzene rings is 1. The third-order valence-electron chi connectivity index (χ3n) is 2.34. The molecule has 0 radical (unpaired) electrons. The predicted octanol–water partition coefficient (Wildman–Crippen LogP) is 0.921. The van der Waals surface area contributed by atoms with Gasteiger partial charge in [0.1, 0.15) is 12.3 Å². The van der Waals surface area contributed by atoms with Crippen LogP contribution in [0, 0.1) is 0 Å². The summed E-state index contributed by atoms with van der Waals surface area (Å²) in [7, 11) is 3.15. The highest BCUT2D eigenvalue weighted by Crippen LogP contribution is 2.18. The molecule has 18 heavy (non-hydrogen) atoms. The Bertz CT molecular complexity index is 434. The van der Waals surface area contributed by atoms with Crippen molar-refractivity contribution in [3.63, 3.8) is 0 Å². The number of carbonyl (C=O) groups excluding carboxylic acids is 1. The molecule has 0 aliphatic carbocycles. The number of urea groups is 1. The number of carboxylic acid groups (broad SMARTS) is 1. The van der Waals surface area contributed by atoms with Crippen LogP contribution in [-0.4, -0.2) is 42.7 Å². The number of carboxylic acids is 1. The van der Waals surface area contributed by atoms with Crippen molar-refractivity contribution >= 4 is 12.0 Å². The van der Waals surface area contributed by atoms with Crippen LogP contribution >= 0.6 is 0 Å². The molecule has 1 rings (SSSR count). The van der Waals surface area contributed by atoms with Crippen molar-refractivity contribution in [1.82, 2.24) is 10.2 Å². The number of carbonyl (C=O) groups is 2. The Kier molecular flexibility index (Phi) is 4.98. The summed E-state index contributed by atoms with van der Waals surface area (Å²) < 4.78 is 5.17. The highest BCUT2D eigenvalue weighted by molar-refractivity contribution is 5.79. The Morgan fingerprint density at radius 3 is 2.67 bits per heavy atom. The molecule has 0 atom stereocenters. The number of para-hydroxylation sites is 1. The van der Waals surface area contributed by atoms with Crippen LogP contribution in [0.4, 0.5) is 4.79 Å². The van der Waals surface area contributed by atoms with Crippen molar-refractivity contribution in [2.24, 2.45) is 0 Å². The first-order valence-electron chi connectivity index (χ1n) is 5.37. The smallest absolute Gasteiger partial charge is 0.323 e. The SMILES string of the molecule is COc1ccccc1CN(C)C(=O)NCC(=O)O. The van der Waals surface area contributed by atoms with Crippen molar-refractivity contribution in [2.75, 3.05) is 20.7 Å². The molecule has 0 aliphatic rings. The summed E-state index contributed by atoms with van der Waals surface area (Å²) in [4.78, 5) is 23.3. The molecule has 0 fully saturated rings. The minimum Gasteiger partial charge on any atom is -0.496 e. The van der Waals surface area contributed by atoms with Gasteiger partial charge in [-0.2, -0.15) is 0 Å². The second kappa shape index (κ2) is 6.48. The summed E-state index contributed by atoms with van der Waals surface area (Å²) in [6.45, 7) is -0.0510. The zero-order valence-corrected chi connectivity index (χ0v) is 10.3. The first kappa shape index (κ1) is 13.8. The zero-order valence-electron chi connectivity index (χ0n) is 10.3.